The average Bonchev–Trinajstić information content (AvgIpc) is 3.30. The monoisotopic (exact) mass is 1100 g/mol. The van der Waals surface area contributed by atoms with Gasteiger partial charge in [0.1, 0.15) is 0 Å². The Morgan fingerprint density at radius 1 is 0.247 bits per heavy atom. The van der Waals surface area contributed by atoms with E-state index in [0.29, 0.717) is 0 Å². The number of nitrogens with two attached hydrogens (primary N) is 8. The predicted octanol–water partition coefficient (Wildman–Crippen LogP) is 5.79. The summed E-state index contributed by atoms with van der Waals surface area (Å²) in [7, 11) is 0. The van der Waals surface area contributed by atoms with Crippen LogP contribution >= 0.6 is 0 Å². The molecule has 73 heavy (non-hydrogen) atoms. The van der Waals surface area contributed by atoms with E-state index in [1.165, 1.54) is 44.5 Å². The minimum Gasteiger partial charge on any atom is -0.457 e. The Morgan fingerprint density at radius 2 is 0.315 bits per heavy atom. The van der Waals surface area contributed by atoms with Crippen molar-refractivity contribution in [2.75, 3.05) is 45.9 Å². The topological polar surface area (TPSA) is 470 Å². The predicted molar refractivity (Wildman–Crippen MR) is 296 cm³/mol. The van der Waals surface area contributed by atoms with E-state index in [-0.39, 0.29) is 49.2 Å². The van der Waals surface area contributed by atoms with Crippen LogP contribution in [0.3, 0.4) is 0 Å². The number of nitrogen functional groups attached to an aromatic ring is 8. The fourth-order valence-electron chi connectivity index (χ4n) is 6.03. The van der Waals surface area contributed by atoms with Crippen molar-refractivity contribution in [1.82, 2.24) is 0 Å². The van der Waals surface area contributed by atoms with Crippen molar-refractivity contribution in [3.63, 3.8) is 0 Å². The average molecular weight is 1100 g/mol. The van der Waals surface area contributed by atoms with Crippen LogP contribution in [0.25, 0.3) is 0 Å². The van der Waals surface area contributed by atoms with Gasteiger partial charge in [-0.3, -0.25) is 0 Å². The molecular formula is C52H66CdN10O10+2. The Morgan fingerprint density at radius 3 is 0.384 bits per heavy atom. The summed E-state index contributed by atoms with van der Waals surface area (Å²) in [4.78, 5) is 16.5. The second-order valence-electron chi connectivity index (χ2n) is 15.1. The van der Waals surface area contributed by atoms with Crippen LogP contribution in [0.15, 0.2) is 194 Å². The first-order chi connectivity index (χ1) is 32.4. The summed E-state index contributed by atoms with van der Waals surface area (Å²) in [5, 5.41) is 29.5. The normalized spacial score (nSPS) is 8.99. The molecule has 26 N–H and O–H groups in total. The molecule has 8 rings (SSSR count). The van der Waals surface area contributed by atoms with Gasteiger partial charge in [0.25, 0.3) is 0 Å². The molecule has 0 amide bonds. The van der Waals surface area contributed by atoms with Crippen molar-refractivity contribution in [2.24, 2.45) is 0 Å². The summed E-state index contributed by atoms with van der Waals surface area (Å²) in [6.45, 7) is 0. The second kappa shape index (κ2) is 37.2. The van der Waals surface area contributed by atoms with E-state index >= 15 is 0 Å². The maximum absolute atomic E-state index is 8.25. The molecule has 0 radical (unpaired) electrons. The summed E-state index contributed by atoms with van der Waals surface area (Å²) in [6, 6.07) is 63.5. The van der Waals surface area contributed by atoms with Gasteiger partial charge in [0.05, 0.1) is 10.2 Å². The molecule has 0 saturated carbocycles. The minimum atomic E-state index is -1.75. The Bertz CT molecular complexity index is 2140. The Kier molecular flexibility index (Phi) is 34.9. The number of anilines is 8. The molecule has 384 valence electrons. The van der Waals surface area contributed by atoms with Gasteiger partial charge in [-0.2, -0.15) is 0 Å². The third-order valence-corrected chi connectivity index (χ3v) is 9.47. The molecule has 20 nitrogen and oxygen atoms in total. The zero-order valence-electron chi connectivity index (χ0n) is 40.1. The summed E-state index contributed by atoms with van der Waals surface area (Å²) < 4.78 is 0. The van der Waals surface area contributed by atoms with Gasteiger partial charge < -0.3 is 98.4 Å². The number of benzene rings is 8. The third-order valence-electron chi connectivity index (χ3n) is 9.47. The van der Waals surface area contributed by atoms with Gasteiger partial charge >= 0.3 is 27.3 Å². The Labute approximate surface area is 443 Å². The summed E-state index contributed by atoms with van der Waals surface area (Å²) in [5.41, 5.74) is 61.5. The SMILES string of the molecule is Nc1ccc(Cc2ccc(N)cc2)cc1.Nc1ccc(Cc2ccc(N)cc2)cc1.Nc1ccc(Cc2ccc(N)cc2)cc1.Nc1ccc(Cc2ccc(N)cc2)cc1.O.O.O=[N+]([O-])[O-].O=[N+]([O-])[O-].[Cd+2].[OH3+].[OH3+]. The summed E-state index contributed by atoms with van der Waals surface area (Å²) in [6.07, 6.45) is 3.67. The Hall–Kier alpha value is -8.68. The first kappa shape index (κ1) is 68.6. The molecule has 0 aliphatic heterocycles. The van der Waals surface area contributed by atoms with Gasteiger partial charge in [0.2, 0.25) is 0 Å². The van der Waals surface area contributed by atoms with E-state index in [0.717, 1.165) is 71.2 Å². The standard InChI is InChI=1S/4C13H14N2.Cd.2NO3.4H2O/c4*14-12-5-1-10(2-6-12)9-11-3-7-13(15)8-4-11;;2*2-1(3)4;;;;/h4*1-8H,9,14-15H2;;;;4*1H2/q;;;;+2;2*-1;;;;/p+2. The van der Waals surface area contributed by atoms with Gasteiger partial charge in [0, 0.05) is 45.5 Å². The maximum Gasteiger partial charge on any atom is 2.00 e. The molecule has 0 bridgehead atoms. The van der Waals surface area contributed by atoms with E-state index in [1.807, 2.05) is 194 Å². The summed E-state index contributed by atoms with van der Waals surface area (Å²) >= 11 is 0. The van der Waals surface area contributed by atoms with Gasteiger partial charge in [-0.05, 0) is 167 Å². The third kappa shape index (κ3) is 31.2. The van der Waals surface area contributed by atoms with Crippen LogP contribution < -0.4 is 45.9 Å². The zero-order chi connectivity index (χ0) is 49.8. The van der Waals surface area contributed by atoms with Crippen LogP contribution in [0.2, 0.25) is 0 Å². The van der Waals surface area contributed by atoms with Crippen LogP contribution in [-0.2, 0) is 63.9 Å². The smallest absolute Gasteiger partial charge is 0.457 e. The van der Waals surface area contributed by atoms with E-state index in [9.17, 15) is 0 Å². The van der Waals surface area contributed by atoms with Crippen LogP contribution in [0, 0.1) is 30.6 Å². The molecule has 0 heterocycles. The molecule has 21 heteroatoms. The number of nitrogens with zero attached hydrogens (tertiary/aromatic N) is 2. The molecule has 0 fully saturated rings. The largest absolute Gasteiger partial charge is 2.00 e. The molecule has 0 atom stereocenters. The van der Waals surface area contributed by atoms with Crippen molar-refractivity contribution in [1.29, 1.82) is 0 Å². The van der Waals surface area contributed by atoms with Crippen LogP contribution in [0.1, 0.15) is 44.5 Å². The number of hydrogen-bond acceptors (Lipinski definition) is 14. The van der Waals surface area contributed by atoms with Crippen molar-refractivity contribution < 1.29 is 59.4 Å². The molecule has 0 spiro atoms. The van der Waals surface area contributed by atoms with Crippen molar-refractivity contribution in [2.45, 2.75) is 25.7 Å². The van der Waals surface area contributed by atoms with Crippen molar-refractivity contribution in [3.8, 4) is 0 Å². The molecular weight excluding hydrogens is 1040 g/mol. The maximum atomic E-state index is 8.25. The van der Waals surface area contributed by atoms with Gasteiger partial charge in [-0.15, -0.1) is 0 Å². The van der Waals surface area contributed by atoms with Crippen LogP contribution in [-0.4, -0.2) is 21.1 Å². The van der Waals surface area contributed by atoms with E-state index in [2.05, 4.69) is 0 Å². The molecule has 0 aromatic heterocycles. The minimum absolute atomic E-state index is 0. The molecule has 0 aliphatic carbocycles. The molecule has 8 aromatic carbocycles. The van der Waals surface area contributed by atoms with Crippen molar-refractivity contribution in [3.05, 3.63) is 269 Å². The van der Waals surface area contributed by atoms with E-state index in [1.54, 1.807) is 0 Å². The molecule has 0 aliphatic rings. The zero-order valence-corrected chi connectivity index (χ0v) is 44.2. The van der Waals surface area contributed by atoms with Crippen LogP contribution in [0.4, 0.5) is 45.5 Å². The quantitative estimate of drug-likeness (QED) is 0.0293. The molecule has 0 unspecified atom stereocenters. The molecule has 0 saturated heterocycles. The number of rotatable bonds is 8. The molecule has 8 aromatic rings. The number of hydrogen-bond donors (Lipinski definition) is 8. The van der Waals surface area contributed by atoms with Crippen LogP contribution in [0.5, 0.6) is 0 Å². The van der Waals surface area contributed by atoms with Gasteiger partial charge in [0.15, 0.2) is 0 Å². The first-order valence-electron chi connectivity index (χ1n) is 20.8. The van der Waals surface area contributed by atoms with E-state index in [4.69, 9.17) is 76.5 Å². The second-order valence-corrected chi connectivity index (χ2v) is 15.1. The fourth-order valence-corrected chi connectivity index (χ4v) is 6.03. The van der Waals surface area contributed by atoms with Gasteiger partial charge in [-0.25, -0.2) is 0 Å². The Balaban J connectivity index is -0.000000833. The summed E-state index contributed by atoms with van der Waals surface area (Å²) in [5.74, 6) is 0. The van der Waals surface area contributed by atoms with Gasteiger partial charge in [-0.1, -0.05) is 97.1 Å². The van der Waals surface area contributed by atoms with E-state index < -0.39 is 10.2 Å². The van der Waals surface area contributed by atoms with Crippen molar-refractivity contribution >= 4 is 45.5 Å². The first-order valence-corrected chi connectivity index (χ1v) is 20.8. The fraction of sp³-hybridized carbons (Fsp3) is 0.0769.